The summed E-state index contributed by atoms with van der Waals surface area (Å²) in [7, 11) is 1.28. The van der Waals surface area contributed by atoms with Crippen LogP contribution in [0.3, 0.4) is 0 Å². The van der Waals surface area contributed by atoms with E-state index in [1.54, 1.807) is 4.90 Å². The van der Waals surface area contributed by atoms with Crippen LogP contribution in [0.15, 0.2) is 16.5 Å². The van der Waals surface area contributed by atoms with Crippen molar-refractivity contribution < 1.29 is 18.7 Å². The van der Waals surface area contributed by atoms with E-state index >= 15 is 0 Å². The lowest BCUT2D eigenvalue weighted by molar-refractivity contribution is -0.135. The number of piperidine rings is 1. The molecule has 1 fully saturated rings. The van der Waals surface area contributed by atoms with Crippen LogP contribution in [-0.2, 0) is 16.0 Å². The molecule has 122 valence electrons. The third-order valence-electron chi connectivity index (χ3n) is 4.11. The lowest BCUT2D eigenvalue weighted by Gasteiger charge is -2.37. The average Bonchev–Trinajstić information content (AvgIpc) is 3.01. The van der Waals surface area contributed by atoms with Crippen LogP contribution in [0.4, 0.5) is 4.79 Å². The van der Waals surface area contributed by atoms with E-state index in [2.05, 4.69) is 17.0 Å². The SMILES string of the molecule is CCc1ccc([C@H]2C[C@H](C)CCN2C(=O)CNC(=O)OC)o1. The highest BCUT2D eigenvalue weighted by Crippen LogP contribution is 2.34. The number of hydrogen-bond acceptors (Lipinski definition) is 4. The first kappa shape index (κ1) is 16.4. The number of amides is 2. The van der Waals surface area contributed by atoms with Gasteiger partial charge in [-0.05, 0) is 30.9 Å². The number of alkyl carbamates (subject to hydrolysis) is 1. The minimum absolute atomic E-state index is 0.0566. The standard InChI is InChI=1S/C16H24N2O4/c1-4-12-5-6-14(22-12)13-9-11(2)7-8-18(13)15(19)10-17-16(20)21-3/h5-6,11,13H,4,7-10H2,1-3H3,(H,17,20)/t11-,13-/m1/s1. The first-order chi connectivity index (χ1) is 10.5. The maximum Gasteiger partial charge on any atom is 0.407 e. The molecule has 0 unspecified atom stereocenters. The Labute approximate surface area is 130 Å². The minimum atomic E-state index is -0.596. The first-order valence-corrected chi connectivity index (χ1v) is 7.75. The number of hydrogen-bond donors (Lipinski definition) is 1. The molecule has 1 saturated heterocycles. The fraction of sp³-hybridized carbons (Fsp3) is 0.625. The van der Waals surface area contributed by atoms with Gasteiger partial charge in [-0.15, -0.1) is 0 Å². The van der Waals surface area contributed by atoms with Crippen LogP contribution >= 0.6 is 0 Å². The smallest absolute Gasteiger partial charge is 0.407 e. The number of aryl methyl sites for hydroxylation is 1. The summed E-state index contributed by atoms with van der Waals surface area (Å²) in [5.74, 6) is 2.18. The average molecular weight is 308 g/mol. The summed E-state index contributed by atoms with van der Waals surface area (Å²) >= 11 is 0. The van der Waals surface area contributed by atoms with Gasteiger partial charge in [0, 0.05) is 13.0 Å². The van der Waals surface area contributed by atoms with Crippen LogP contribution in [0.1, 0.15) is 44.3 Å². The number of carbonyl (C=O) groups is 2. The molecule has 0 spiro atoms. The molecule has 0 aromatic carbocycles. The number of carbonyl (C=O) groups excluding carboxylic acids is 2. The van der Waals surface area contributed by atoms with Gasteiger partial charge in [0.15, 0.2) is 0 Å². The van der Waals surface area contributed by atoms with E-state index in [1.807, 2.05) is 19.1 Å². The second-order valence-corrected chi connectivity index (χ2v) is 5.74. The van der Waals surface area contributed by atoms with E-state index in [-0.39, 0.29) is 18.5 Å². The second-order valence-electron chi connectivity index (χ2n) is 5.74. The van der Waals surface area contributed by atoms with Gasteiger partial charge in [-0.1, -0.05) is 13.8 Å². The molecular formula is C16H24N2O4. The zero-order chi connectivity index (χ0) is 16.1. The minimum Gasteiger partial charge on any atom is -0.464 e. The van der Waals surface area contributed by atoms with Crippen molar-refractivity contribution in [2.24, 2.45) is 5.92 Å². The summed E-state index contributed by atoms with van der Waals surface area (Å²) in [5, 5.41) is 2.45. The Bertz CT molecular complexity index is 526. The number of rotatable bonds is 4. The topological polar surface area (TPSA) is 71.8 Å². The Balaban J connectivity index is 2.09. The largest absolute Gasteiger partial charge is 0.464 e. The molecule has 2 amide bonds. The van der Waals surface area contributed by atoms with E-state index in [4.69, 9.17) is 4.42 Å². The predicted octanol–water partition coefficient (Wildman–Crippen LogP) is 2.50. The summed E-state index contributed by atoms with van der Waals surface area (Å²) in [6, 6.07) is 3.86. The first-order valence-electron chi connectivity index (χ1n) is 7.75. The van der Waals surface area contributed by atoms with Gasteiger partial charge < -0.3 is 19.4 Å². The van der Waals surface area contributed by atoms with Gasteiger partial charge in [0.1, 0.15) is 18.1 Å². The van der Waals surface area contributed by atoms with Gasteiger partial charge in [0.25, 0.3) is 0 Å². The number of nitrogens with one attached hydrogen (secondary N) is 1. The Hall–Kier alpha value is -1.98. The number of likely N-dealkylation sites (tertiary alicyclic amines) is 1. The van der Waals surface area contributed by atoms with Crippen molar-refractivity contribution in [3.05, 3.63) is 23.7 Å². The van der Waals surface area contributed by atoms with E-state index in [0.29, 0.717) is 12.5 Å². The monoisotopic (exact) mass is 308 g/mol. The quantitative estimate of drug-likeness (QED) is 0.927. The third-order valence-corrected chi connectivity index (χ3v) is 4.11. The number of ether oxygens (including phenoxy) is 1. The van der Waals surface area contributed by atoms with Crippen molar-refractivity contribution >= 4 is 12.0 Å². The van der Waals surface area contributed by atoms with Crippen LogP contribution in [0.25, 0.3) is 0 Å². The van der Waals surface area contributed by atoms with E-state index in [9.17, 15) is 9.59 Å². The molecule has 0 bridgehead atoms. The van der Waals surface area contributed by atoms with Crippen molar-refractivity contribution in [2.45, 2.75) is 39.2 Å². The third kappa shape index (κ3) is 3.81. The van der Waals surface area contributed by atoms with Crippen LogP contribution in [0.5, 0.6) is 0 Å². The van der Waals surface area contributed by atoms with Crippen molar-refractivity contribution in [2.75, 3.05) is 20.2 Å². The van der Waals surface area contributed by atoms with Gasteiger partial charge >= 0.3 is 6.09 Å². The fourth-order valence-corrected chi connectivity index (χ4v) is 2.79. The highest BCUT2D eigenvalue weighted by Gasteiger charge is 2.32. The van der Waals surface area contributed by atoms with Crippen molar-refractivity contribution in [3.63, 3.8) is 0 Å². The molecule has 6 heteroatoms. The second kappa shape index (κ2) is 7.33. The molecule has 0 radical (unpaired) electrons. The zero-order valence-corrected chi connectivity index (χ0v) is 13.4. The molecule has 0 saturated carbocycles. The van der Waals surface area contributed by atoms with Gasteiger partial charge in [-0.3, -0.25) is 4.79 Å². The van der Waals surface area contributed by atoms with Gasteiger partial charge in [-0.2, -0.15) is 0 Å². The molecule has 2 atom stereocenters. The number of methoxy groups -OCH3 is 1. The lowest BCUT2D eigenvalue weighted by atomic mass is 9.91. The predicted molar refractivity (Wildman–Crippen MR) is 81.3 cm³/mol. The Kier molecular flexibility index (Phi) is 5.46. The molecule has 0 aliphatic carbocycles. The van der Waals surface area contributed by atoms with E-state index in [0.717, 1.165) is 30.8 Å². The van der Waals surface area contributed by atoms with Crippen LogP contribution in [-0.4, -0.2) is 37.1 Å². The number of furan rings is 1. The van der Waals surface area contributed by atoms with Crippen LogP contribution in [0, 0.1) is 5.92 Å². The Morgan fingerprint density at radius 1 is 1.45 bits per heavy atom. The summed E-state index contributed by atoms with van der Waals surface area (Å²) in [5.41, 5.74) is 0. The maximum atomic E-state index is 12.4. The zero-order valence-electron chi connectivity index (χ0n) is 13.4. The molecule has 1 N–H and O–H groups in total. The van der Waals surface area contributed by atoms with Gasteiger partial charge in [0.05, 0.1) is 13.2 Å². The molecule has 1 aromatic rings. The Morgan fingerprint density at radius 3 is 2.86 bits per heavy atom. The van der Waals surface area contributed by atoms with Crippen molar-refractivity contribution in [1.82, 2.24) is 10.2 Å². The lowest BCUT2D eigenvalue weighted by Crippen LogP contribution is -2.45. The summed E-state index contributed by atoms with van der Waals surface area (Å²) in [4.78, 5) is 25.3. The fourth-order valence-electron chi connectivity index (χ4n) is 2.79. The normalized spacial score (nSPS) is 21.5. The van der Waals surface area contributed by atoms with Gasteiger partial charge in [-0.25, -0.2) is 4.79 Å². The Morgan fingerprint density at radius 2 is 2.23 bits per heavy atom. The molecule has 1 aliphatic rings. The molecule has 22 heavy (non-hydrogen) atoms. The molecular weight excluding hydrogens is 284 g/mol. The highest BCUT2D eigenvalue weighted by molar-refractivity contribution is 5.82. The van der Waals surface area contributed by atoms with E-state index < -0.39 is 6.09 Å². The summed E-state index contributed by atoms with van der Waals surface area (Å²) < 4.78 is 10.3. The van der Waals surface area contributed by atoms with E-state index in [1.165, 1.54) is 7.11 Å². The molecule has 1 aliphatic heterocycles. The molecule has 6 nitrogen and oxygen atoms in total. The van der Waals surface area contributed by atoms with Crippen molar-refractivity contribution in [1.29, 1.82) is 0 Å². The number of nitrogens with zero attached hydrogens (tertiary/aromatic N) is 1. The summed E-state index contributed by atoms with van der Waals surface area (Å²) in [6.07, 6.45) is 2.07. The highest BCUT2D eigenvalue weighted by atomic mass is 16.5. The molecule has 2 heterocycles. The van der Waals surface area contributed by atoms with Crippen molar-refractivity contribution in [3.8, 4) is 0 Å². The van der Waals surface area contributed by atoms with Crippen LogP contribution < -0.4 is 5.32 Å². The summed E-state index contributed by atoms with van der Waals surface area (Å²) in [6.45, 7) is 4.84. The van der Waals surface area contributed by atoms with Crippen LogP contribution in [0.2, 0.25) is 0 Å². The maximum absolute atomic E-state index is 12.4. The van der Waals surface area contributed by atoms with Gasteiger partial charge in [0.2, 0.25) is 5.91 Å². The molecule has 2 rings (SSSR count). The molecule has 1 aromatic heterocycles.